The first-order valence-corrected chi connectivity index (χ1v) is 12.5. The first-order valence-electron chi connectivity index (χ1n) is 12.5. The van der Waals surface area contributed by atoms with E-state index in [4.69, 9.17) is 4.74 Å². The smallest absolute Gasteiger partial charge is 0.246 e. The number of nitrogens with zero attached hydrogens (tertiary/aromatic N) is 2. The average molecular weight is 464 g/mol. The van der Waals surface area contributed by atoms with Crippen molar-refractivity contribution in [2.24, 2.45) is 0 Å². The molecule has 1 unspecified atom stereocenters. The van der Waals surface area contributed by atoms with Crippen LogP contribution in [0, 0.1) is 0 Å². The van der Waals surface area contributed by atoms with Crippen molar-refractivity contribution < 1.29 is 14.6 Å². The average Bonchev–Trinajstić information content (AvgIpc) is 3.42. The summed E-state index contributed by atoms with van der Waals surface area (Å²) in [5.74, 6) is 0.764. The number of rotatable bonds is 10. The second-order valence-corrected chi connectivity index (χ2v) is 9.35. The van der Waals surface area contributed by atoms with E-state index in [1.807, 2.05) is 35.2 Å². The molecule has 6 heteroatoms. The van der Waals surface area contributed by atoms with Gasteiger partial charge >= 0.3 is 0 Å². The largest absolute Gasteiger partial charge is 0.491 e. The van der Waals surface area contributed by atoms with Crippen molar-refractivity contribution in [3.8, 4) is 5.75 Å². The van der Waals surface area contributed by atoms with Crippen LogP contribution in [-0.2, 0) is 11.3 Å². The predicted octanol–water partition coefficient (Wildman–Crippen LogP) is 3.32. The summed E-state index contributed by atoms with van der Waals surface area (Å²) < 4.78 is 5.81. The maximum absolute atomic E-state index is 12.2. The van der Waals surface area contributed by atoms with Gasteiger partial charge in [-0.2, -0.15) is 0 Å². The van der Waals surface area contributed by atoms with Crippen molar-refractivity contribution in [2.45, 2.75) is 44.4 Å². The number of likely N-dealkylation sites (tertiary alicyclic amines) is 2. The second-order valence-electron chi connectivity index (χ2n) is 9.35. The number of hydrogen-bond acceptors (Lipinski definition) is 5. The fourth-order valence-electron chi connectivity index (χ4n) is 4.61. The molecule has 4 rings (SSSR count). The molecule has 0 bridgehead atoms. The number of carbonyl (C=O) groups excluding carboxylic acids is 1. The molecular formula is C28H37N3O3. The number of aliphatic hydroxyl groups is 1. The van der Waals surface area contributed by atoms with E-state index in [-0.39, 0.29) is 12.5 Å². The first-order chi connectivity index (χ1) is 16.7. The zero-order valence-electron chi connectivity index (χ0n) is 19.9. The lowest BCUT2D eigenvalue weighted by Gasteiger charge is -2.33. The number of ether oxygens (including phenoxy) is 1. The Kier molecular flexibility index (Phi) is 9.13. The Morgan fingerprint density at radius 2 is 1.82 bits per heavy atom. The fourth-order valence-corrected chi connectivity index (χ4v) is 4.61. The highest BCUT2D eigenvalue weighted by Gasteiger charge is 2.20. The second kappa shape index (κ2) is 12.7. The Morgan fingerprint density at radius 1 is 1.06 bits per heavy atom. The van der Waals surface area contributed by atoms with Crippen LogP contribution in [0.1, 0.15) is 36.8 Å². The van der Waals surface area contributed by atoms with Crippen molar-refractivity contribution in [3.05, 3.63) is 71.8 Å². The van der Waals surface area contributed by atoms with Crippen molar-refractivity contribution in [1.29, 1.82) is 0 Å². The summed E-state index contributed by atoms with van der Waals surface area (Å²) in [7, 11) is 0. The topological polar surface area (TPSA) is 65.0 Å². The number of carbonyl (C=O) groups is 1. The van der Waals surface area contributed by atoms with Crippen LogP contribution in [0.4, 0.5) is 0 Å². The maximum atomic E-state index is 12.2. The molecule has 2 aliphatic rings. The summed E-state index contributed by atoms with van der Waals surface area (Å²) >= 11 is 0. The quantitative estimate of drug-likeness (QED) is 0.530. The number of nitrogens with one attached hydrogen (secondary N) is 1. The molecule has 1 atom stereocenters. The Labute approximate surface area is 203 Å². The zero-order chi connectivity index (χ0) is 23.6. The van der Waals surface area contributed by atoms with Gasteiger partial charge in [-0.15, -0.1) is 0 Å². The van der Waals surface area contributed by atoms with Gasteiger partial charge in [0, 0.05) is 38.3 Å². The van der Waals surface area contributed by atoms with Crippen molar-refractivity contribution in [2.75, 3.05) is 39.3 Å². The van der Waals surface area contributed by atoms with Crippen LogP contribution in [-0.4, -0.2) is 72.3 Å². The fraction of sp³-hybridized carbons (Fsp3) is 0.464. The molecule has 0 spiro atoms. The summed E-state index contributed by atoms with van der Waals surface area (Å²) in [6.45, 7) is 5.60. The van der Waals surface area contributed by atoms with Crippen LogP contribution in [0.5, 0.6) is 5.75 Å². The summed E-state index contributed by atoms with van der Waals surface area (Å²) in [5.41, 5.74) is 2.28. The molecule has 0 radical (unpaired) electrons. The van der Waals surface area contributed by atoms with Gasteiger partial charge in [-0.1, -0.05) is 42.5 Å². The van der Waals surface area contributed by atoms with Gasteiger partial charge in [0.1, 0.15) is 18.5 Å². The molecule has 1 amide bonds. The molecule has 2 N–H and O–H groups in total. The third kappa shape index (κ3) is 7.69. The van der Waals surface area contributed by atoms with Gasteiger partial charge in [-0.3, -0.25) is 9.69 Å². The summed E-state index contributed by atoms with van der Waals surface area (Å²) in [6, 6.07) is 18.7. The van der Waals surface area contributed by atoms with Crippen LogP contribution in [0.15, 0.2) is 60.7 Å². The molecule has 34 heavy (non-hydrogen) atoms. The zero-order valence-corrected chi connectivity index (χ0v) is 19.9. The molecule has 182 valence electrons. The van der Waals surface area contributed by atoms with Gasteiger partial charge in [-0.25, -0.2) is 0 Å². The van der Waals surface area contributed by atoms with Gasteiger partial charge in [0.25, 0.3) is 0 Å². The Hall–Kier alpha value is -2.67. The highest BCUT2D eigenvalue weighted by molar-refractivity contribution is 5.91. The minimum atomic E-state index is -0.571. The molecule has 2 aromatic carbocycles. The molecule has 2 saturated heterocycles. The van der Waals surface area contributed by atoms with Crippen molar-refractivity contribution in [3.63, 3.8) is 0 Å². The predicted molar refractivity (Wildman–Crippen MR) is 136 cm³/mol. The van der Waals surface area contributed by atoms with E-state index in [9.17, 15) is 9.90 Å². The van der Waals surface area contributed by atoms with Gasteiger partial charge in [0.05, 0.1) is 0 Å². The van der Waals surface area contributed by atoms with Crippen molar-refractivity contribution >= 4 is 12.0 Å². The summed E-state index contributed by atoms with van der Waals surface area (Å²) in [4.78, 5) is 16.6. The lowest BCUT2D eigenvalue weighted by molar-refractivity contribution is -0.124. The molecule has 0 saturated carbocycles. The van der Waals surface area contributed by atoms with Crippen LogP contribution in [0.3, 0.4) is 0 Å². The van der Waals surface area contributed by atoms with E-state index in [0.717, 1.165) is 64.0 Å². The lowest BCUT2D eigenvalue weighted by atomic mass is 10.0. The van der Waals surface area contributed by atoms with Gasteiger partial charge in [-0.05, 0) is 68.1 Å². The molecule has 2 fully saturated rings. The third-order valence-electron chi connectivity index (χ3n) is 6.62. The molecule has 0 aliphatic carbocycles. The first kappa shape index (κ1) is 24.5. The molecule has 2 aliphatic heterocycles. The standard InChI is InChI=1S/C28H37N3O3/c32-26(20-29-25-13-17-30(18-14-25)21-24-7-2-1-3-8-24)22-34-27-10-6-9-23(19-27)11-12-28(33)31-15-4-5-16-31/h1-3,6-12,19,25-26,29,32H,4-5,13-18,20-22H2. The number of amides is 1. The van der Waals surface area contributed by atoms with E-state index >= 15 is 0 Å². The van der Waals surface area contributed by atoms with E-state index in [1.165, 1.54) is 5.56 Å². The minimum absolute atomic E-state index is 0.0659. The van der Waals surface area contributed by atoms with Gasteiger partial charge < -0.3 is 20.1 Å². The minimum Gasteiger partial charge on any atom is -0.491 e. The number of hydrogen-bond donors (Lipinski definition) is 2. The van der Waals surface area contributed by atoms with E-state index in [2.05, 4.69) is 40.5 Å². The van der Waals surface area contributed by atoms with Crippen LogP contribution < -0.4 is 10.1 Å². The number of benzene rings is 2. The third-order valence-corrected chi connectivity index (χ3v) is 6.62. The van der Waals surface area contributed by atoms with E-state index < -0.39 is 6.10 Å². The Bertz CT molecular complexity index is 920. The van der Waals surface area contributed by atoms with Crippen LogP contribution in [0.25, 0.3) is 6.08 Å². The van der Waals surface area contributed by atoms with Gasteiger partial charge in [0.15, 0.2) is 0 Å². The van der Waals surface area contributed by atoms with Crippen molar-refractivity contribution in [1.82, 2.24) is 15.1 Å². The molecular weight excluding hydrogens is 426 g/mol. The summed E-state index contributed by atoms with van der Waals surface area (Å²) in [5, 5.41) is 13.9. The van der Waals surface area contributed by atoms with Gasteiger partial charge in [0.2, 0.25) is 5.91 Å². The highest BCUT2D eigenvalue weighted by Crippen LogP contribution is 2.16. The van der Waals surface area contributed by atoms with Crippen LogP contribution >= 0.6 is 0 Å². The molecule has 2 heterocycles. The number of aliphatic hydroxyl groups excluding tert-OH is 1. The van der Waals surface area contributed by atoms with E-state index in [1.54, 1.807) is 6.08 Å². The molecule has 0 aromatic heterocycles. The van der Waals surface area contributed by atoms with Crippen LogP contribution in [0.2, 0.25) is 0 Å². The Morgan fingerprint density at radius 3 is 2.59 bits per heavy atom. The summed E-state index contributed by atoms with van der Waals surface area (Å²) in [6.07, 6.45) is 7.25. The normalized spacial score (nSPS) is 18.4. The molecule has 6 nitrogen and oxygen atoms in total. The molecule has 2 aromatic rings. The van der Waals surface area contributed by atoms with E-state index in [0.29, 0.717) is 18.3 Å². The lowest BCUT2D eigenvalue weighted by Crippen LogP contribution is -2.45. The Balaban J connectivity index is 1.14. The SMILES string of the molecule is O=C(C=Cc1cccc(OCC(O)CNC2CCN(Cc3ccccc3)CC2)c1)N1CCCC1. The monoisotopic (exact) mass is 463 g/mol. The highest BCUT2D eigenvalue weighted by atomic mass is 16.5. The maximum Gasteiger partial charge on any atom is 0.246 e. The number of piperidine rings is 1.